The van der Waals surface area contributed by atoms with Crippen LogP contribution in [0.25, 0.3) is 0 Å². The lowest BCUT2D eigenvalue weighted by molar-refractivity contribution is -0.117. The molecular weight excluding hydrogens is 238 g/mol. The Morgan fingerprint density at radius 1 is 1.16 bits per heavy atom. The third kappa shape index (κ3) is 4.91. The number of ketones is 1. The van der Waals surface area contributed by atoms with E-state index in [0.717, 1.165) is 31.0 Å². The fourth-order valence-electron chi connectivity index (χ4n) is 2.36. The third-order valence-electron chi connectivity index (χ3n) is 3.56. The summed E-state index contributed by atoms with van der Waals surface area (Å²) in [5.41, 5.74) is 7.30. The first kappa shape index (κ1) is 13.9. The Morgan fingerprint density at radius 3 is 2.53 bits per heavy atom. The Bertz CT molecular complexity index is 396. The number of nitrogens with two attached hydrogens (primary N) is 1. The average molecular weight is 261 g/mol. The minimum absolute atomic E-state index is 0.266. The number of nitrogens with one attached hydrogen (secondary N) is 1. The Hall–Kier alpha value is -1.55. The van der Waals surface area contributed by atoms with Gasteiger partial charge in [-0.15, -0.1) is 0 Å². The molecule has 1 aromatic carbocycles. The average Bonchev–Trinajstić information content (AvgIpc) is 2.45. The zero-order valence-corrected chi connectivity index (χ0v) is 11.4. The van der Waals surface area contributed by atoms with E-state index in [1.807, 2.05) is 24.3 Å². The second-order valence-corrected chi connectivity index (χ2v) is 5.17. The van der Waals surface area contributed by atoms with Crippen molar-refractivity contribution >= 4 is 17.2 Å². The SMILES string of the molecule is Nc1ccc(NCC(=O)CCN2CCCCC2)cc1. The Balaban J connectivity index is 1.65. The van der Waals surface area contributed by atoms with Crippen molar-refractivity contribution in [3.05, 3.63) is 24.3 Å². The molecule has 0 saturated carbocycles. The minimum Gasteiger partial charge on any atom is -0.399 e. The van der Waals surface area contributed by atoms with Crippen LogP contribution in [0.5, 0.6) is 0 Å². The molecule has 0 spiro atoms. The van der Waals surface area contributed by atoms with Crippen molar-refractivity contribution in [3.63, 3.8) is 0 Å². The maximum Gasteiger partial charge on any atom is 0.153 e. The number of likely N-dealkylation sites (tertiary alicyclic amines) is 1. The van der Waals surface area contributed by atoms with E-state index in [-0.39, 0.29) is 5.78 Å². The first-order chi connectivity index (χ1) is 9.24. The summed E-state index contributed by atoms with van der Waals surface area (Å²) < 4.78 is 0. The standard InChI is InChI=1S/C15H23N3O/c16-13-4-6-14(7-5-13)17-12-15(19)8-11-18-9-2-1-3-10-18/h4-7,17H,1-3,8-12,16H2. The van der Waals surface area contributed by atoms with Gasteiger partial charge in [0, 0.05) is 24.3 Å². The van der Waals surface area contributed by atoms with Crippen LogP contribution in [-0.4, -0.2) is 36.9 Å². The summed E-state index contributed by atoms with van der Waals surface area (Å²) in [6, 6.07) is 7.46. The molecule has 0 amide bonds. The van der Waals surface area contributed by atoms with Crippen LogP contribution in [0.15, 0.2) is 24.3 Å². The van der Waals surface area contributed by atoms with Crippen LogP contribution in [-0.2, 0) is 4.79 Å². The maximum atomic E-state index is 11.8. The highest BCUT2D eigenvalue weighted by Gasteiger charge is 2.11. The molecule has 1 aliphatic rings. The van der Waals surface area contributed by atoms with E-state index in [1.54, 1.807) is 0 Å². The molecule has 2 rings (SSSR count). The number of benzene rings is 1. The van der Waals surface area contributed by atoms with Crippen LogP contribution in [0, 0.1) is 0 Å². The normalized spacial score (nSPS) is 16.2. The molecule has 1 saturated heterocycles. The van der Waals surface area contributed by atoms with Gasteiger partial charge in [0.1, 0.15) is 0 Å². The lowest BCUT2D eigenvalue weighted by Gasteiger charge is -2.25. The number of anilines is 2. The van der Waals surface area contributed by atoms with Crippen molar-refractivity contribution in [3.8, 4) is 0 Å². The van der Waals surface area contributed by atoms with E-state index >= 15 is 0 Å². The number of carbonyl (C=O) groups is 1. The number of hydrogen-bond acceptors (Lipinski definition) is 4. The molecule has 4 heteroatoms. The maximum absolute atomic E-state index is 11.8. The molecule has 4 nitrogen and oxygen atoms in total. The van der Waals surface area contributed by atoms with Crippen LogP contribution >= 0.6 is 0 Å². The number of Topliss-reactive ketones (excluding diaryl/α,β-unsaturated/α-hetero) is 1. The van der Waals surface area contributed by atoms with Gasteiger partial charge in [-0.2, -0.15) is 0 Å². The van der Waals surface area contributed by atoms with Crippen LogP contribution in [0.3, 0.4) is 0 Å². The fourth-order valence-corrected chi connectivity index (χ4v) is 2.36. The summed E-state index contributed by atoms with van der Waals surface area (Å²) in [5, 5.41) is 3.14. The molecule has 3 N–H and O–H groups in total. The van der Waals surface area contributed by atoms with Crippen molar-refractivity contribution in [2.24, 2.45) is 0 Å². The van der Waals surface area contributed by atoms with E-state index in [9.17, 15) is 4.79 Å². The molecule has 104 valence electrons. The largest absolute Gasteiger partial charge is 0.399 e. The topological polar surface area (TPSA) is 58.4 Å². The van der Waals surface area contributed by atoms with Crippen LogP contribution in [0.1, 0.15) is 25.7 Å². The monoisotopic (exact) mass is 261 g/mol. The summed E-state index contributed by atoms with van der Waals surface area (Å²) in [6.45, 7) is 3.61. The van der Waals surface area contributed by atoms with Gasteiger partial charge in [-0.05, 0) is 50.2 Å². The first-order valence-electron chi connectivity index (χ1n) is 7.07. The van der Waals surface area contributed by atoms with E-state index in [4.69, 9.17) is 5.73 Å². The van der Waals surface area contributed by atoms with E-state index in [2.05, 4.69) is 10.2 Å². The van der Waals surface area contributed by atoms with Crippen molar-refractivity contribution in [2.75, 3.05) is 37.2 Å². The van der Waals surface area contributed by atoms with Crippen molar-refractivity contribution < 1.29 is 4.79 Å². The van der Waals surface area contributed by atoms with Gasteiger partial charge in [0.15, 0.2) is 5.78 Å². The van der Waals surface area contributed by atoms with Gasteiger partial charge in [-0.25, -0.2) is 0 Å². The highest BCUT2D eigenvalue weighted by molar-refractivity contribution is 5.83. The molecule has 1 heterocycles. The molecule has 0 aromatic heterocycles. The lowest BCUT2D eigenvalue weighted by Crippen LogP contribution is -2.32. The third-order valence-corrected chi connectivity index (χ3v) is 3.56. The lowest BCUT2D eigenvalue weighted by atomic mass is 10.1. The summed E-state index contributed by atoms with van der Waals surface area (Å²) in [4.78, 5) is 14.2. The molecule has 0 radical (unpaired) electrons. The van der Waals surface area contributed by atoms with Crippen LogP contribution in [0.2, 0.25) is 0 Å². The van der Waals surface area contributed by atoms with Crippen molar-refractivity contribution in [1.82, 2.24) is 4.90 Å². The molecular formula is C15H23N3O. The second kappa shape index (κ2) is 7.14. The Kier molecular flexibility index (Phi) is 5.21. The predicted molar refractivity (Wildman–Crippen MR) is 79.3 cm³/mol. The van der Waals surface area contributed by atoms with Gasteiger partial charge in [0.2, 0.25) is 0 Å². The van der Waals surface area contributed by atoms with E-state index in [1.165, 1.54) is 19.3 Å². The highest BCUT2D eigenvalue weighted by atomic mass is 16.1. The summed E-state index contributed by atoms with van der Waals surface area (Å²) in [6.07, 6.45) is 4.53. The van der Waals surface area contributed by atoms with Gasteiger partial charge in [0.05, 0.1) is 6.54 Å². The van der Waals surface area contributed by atoms with Crippen LogP contribution in [0.4, 0.5) is 11.4 Å². The van der Waals surface area contributed by atoms with Gasteiger partial charge >= 0.3 is 0 Å². The zero-order chi connectivity index (χ0) is 13.5. The molecule has 0 unspecified atom stereocenters. The van der Waals surface area contributed by atoms with Crippen molar-refractivity contribution in [2.45, 2.75) is 25.7 Å². The Labute approximate surface area is 115 Å². The summed E-state index contributed by atoms with van der Waals surface area (Å²) in [5.74, 6) is 0.266. The molecule has 0 bridgehead atoms. The minimum atomic E-state index is 0.266. The molecule has 1 aromatic rings. The fraction of sp³-hybridized carbons (Fsp3) is 0.533. The Morgan fingerprint density at radius 2 is 1.84 bits per heavy atom. The van der Waals surface area contributed by atoms with E-state index in [0.29, 0.717) is 13.0 Å². The van der Waals surface area contributed by atoms with Crippen LogP contribution < -0.4 is 11.1 Å². The number of nitrogen functional groups attached to an aromatic ring is 1. The number of rotatable bonds is 6. The molecule has 0 atom stereocenters. The highest BCUT2D eigenvalue weighted by Crippen LogP contribution is 2.11. The molecule has 19 heavy (non-hydrogen) atoms. The van der Waals surface area contributed by atoms with Crippen molar-refractivity contribution in [1.29, 1.82) is 0 Å². The van der Waals surface area contributed by atoms with E-state index < -0.39 is 0 Å². The second-order valence-electron chi connectivity index (χ2n) is 5.17. The quantitative estimate of drug-likeness (QED) is 0.770. The smallest absolute Gasteiger partial charge is 0.153 e. The number of piperidine rings is 1. The number of hydrogen-bond donors (Lipinski definition) is 2. The van der Waals surface area contributed by atoms with Gasteiger partial charge < -0.3 is 16.0 Å². The number of carbonyl (C=O) groups excluding carboxylic acids is 1. The van der Waals surface area contributed by atoms with Gasteiger partial charge in [0.25, 0.3) is 0 Å². The summed E-state index contributed by atoms with van der Waals surface area (Å²) >= 11 is 0. The predicted octanol–water partition coefficient (Wildman–Crippen LogP) is 2.13. The molecule has 0 aliphatic carbocycles. The summed E-state index contributed by atoms with van der Waals surface area (Å²) in [7, 11) is 0. The zero-order valence-electron chi connectivity index (χ0n) is 11.4. The molecule has 1 fully saturated rings. The molecule has 1 aliphatic heterocycles. The van der Waals surface area contributed by atoms with Gasteiger partial charge in [-0.1, -0.05) is 6.42 Å². The number of nitrogens with zero attached hydrogens (tertiary/aromatic N) is 1. The first-order valence-corrected chi connectivity index (χ1v) is 7.07. The van der Waals surface area contributed by atoms with Gasteiger partial charge in [-0.3, -0.25) is 4.79 Å².